The minimum atomic E-state index is 0.480. The molecule has 0 saturated heterocycles. The average molecular weight is 160 g/mol. The minimum absolute atomic E-state index is 0.480. The monoisotopic (exact) mass is 160 g/mol. The van der Waals surface area contributed by atoms with E-state index >= 15 is 0 Å². The largest absolute Gasteiger partial charge is 0.193 e. The van der Waals surface area contributed by atoms with E-state index in [2.05, 4.69) is 19.7 Å². The minimum Gasteiger partial charge on any atom is -0.193 e. The fourth-order valence-corrected chi connectivity index (χ4v) is 2.40. The molecule has 0 aromatic heterocycles. The summed E-state index contributed by atoms with van der Waals surface area (Å²) in [5.41, 5.74) is 0. The van der Waals surface area contributed by atoms with Crippen molar-refractivity contribution in [2.45, 2.75) is 39.5 Å². The Morgan fingerprint density at radius 1 is 1.00 bits per heavy atom. The summed E-state index contributed by atoms with van der Waals surface area (Å²) in [6.07, 6.45) is 5.39. The van der Waals surface area contributed by atoms with Gasteiger partial charge in [0, 0.05) is 0 Å². The third-order valence-corrected chi connectivity index (χ3v) is 3.31. The summed E-state index contributed by atoms with van der Waals surface area (Å²) in [7, 11) is 0.480. The van der Waals surface area contributed by atoms with Crippen molar-refractivity contribution in [3.63, 3.8) is 0 Å². The lowest BCUT2D eigenvalue weighted by Gasteiger charge is -2.03. The molecule has 0 atom stereocenters. The van der Waals surface area contributed by atoms with Crippen LogP contribution in [-0.4, -0.2) is 17.4 Å². The van der Waals surface area contributed by atoms with Gasteiger partial charge in [-0.05, 0) is 24.3 Å². The topological polar surface area (TPSA) is 0 Å². The Morgan fingerprint density at radius 2 is 1.40 bits per heavy atom. The van der Waals surface area contributed by atoms with Gasteiger partial charge < -0.3 is 0 Å². The maximum absolute atomic E-state index is 4.14. The van der Waals surface area contributed by atoms with E-state index in [-0.39, 0.29) is 0 Å². The lowest BCUT2D eigenvalue weighted by atomic mass is 10.4. The molecule has 0 aliphatic rings. The quantitative estimate of drug-likeness (QED) is 0.523. The highest BCUT2D eigenvalue weighted by atomic mass is 32.2. The van der Waals surface area contributed by atoms with E-state index in [1.54, 1.807) is 0 Å². The Kier molecular flexibility index (Phi) is 7.49. The van der Waals surface area contributed by atoms with E-state index in [0.717, 1.165) is 0 Å². The van der Waals surface area contributed by atoms with Gasteiger partial charge in [-0.3, -0.25) is 0 Å². The molecular weight excluding hydrogens is 140 g/mol. The van der Waals surface area contributed by atoms with Gasteiger partial charge in [0.25, 0.3) is 0 Å². The van der Waals surface area contributed by atoms with E-state index in [4.69, 9.17) is 0 Å². The zero-order valence-electron chi connectivity index (χ0n) is 7.36. The van der Waals surface area contributed by atoms with Gasteiger partial charge in [-0.15, -0.1) is 0 Å². The molecule has 0 rings (SSSR count). The van der Waals surface area contributed by atoms with Crippen LogP contribution in [-0.2, 0) is 0 Å². The SMILES string of the molecule is C=S(CCCC)CCCC. The normalized spacial score (nSPS) is 10.7. The summed E-state index contributed by atoms with van der Waals surface area (Å²) < 4.78 is 0. The molecule has 10 heavy (non-hydrogen) atoms. The van der Waals surface area contributed by atoms with Gasteiger partial charge in [0.15, 0.2) is 0 Å². The van der Waals surface area contributed by atoms with E-state index in [9.17, 15) is 0 Å². The Bertz CT molecular complexity index is 76.7. The van der Waals surface area contributed by atoms with Crippen molar-refractivity contribution in [2.75, 3.05) is 11.5 Å². The van der Waals surface area contributed by atoms with Crippen LogP contribution in [0.1, 0.15) is 39.5 Å². The summed E-state index contributed by atoms with van der Waals surface area (Å²) in [5, 5.41) is 0. The molecule has 0 amide bonds. The van der Waals surface area contributed by atoms with Gasteiger partial charge in [0.2, 0.25) is 0 Å². The number of hydrogen-bond donors (Lipinski definition) is 0. The lowest BCUT2D eigenvalue weighted by Crippen LogP contribution is -1.86. The van der Waals surface area contributed by atoms with Gasteiger partial charge >= 0.3 is 0 Å². The second-order valence-corrected chi connectivity index (χ2v) is 4.77. The van der Waals surface area contributed by atoms with E-state index in [1.807, 2.05) is 0 Å². The standard InChI is InChI=1S/C9H20S/c1-4-6-8-10(3)9-7-5-2/h3-9H2,1-2H3. The highest BCUT2D eigenvalue weighted by molar-refractivity contribution is 8.14. The molecule has 0 aliphatic heterocycles. The Morgan fingerprint density at radius 3 is 1.70 bits per heavy atom. The predicted octanol–water partition coefficient (Wildman–Crippen LogP) is 3.29. The van der Waals surface area contributed by atoms with Crippen LogP contribution in [0.4, 0.5) is 0 Å². The van der Waals surface area contributed by atoms with Crippen LogP contribution in [0.2, 0.25) is 0 Å². The van der Waals surface area contributed by atoms with Crippen LogP contribution in [0.25, 0.3) is 0 Å². The lowest BCUT2D eigenvalue weighted by molar-refractivity contribution is 0.878. The molecule has 1 heteroatoms. The zero-order chi connectivity index (χ0) is 7.82. The highest BCUT2D eigenvalue weighted by Crippen LogP contribution is 2.13. The van der Waals surface area contributed by atoms with Crippen LogP contribution in [0.3, 0.4) is 0 Å². The number of unbranched alkanes of at least 4 members (excludes halogenated alkanes) is 2. The maximum atomic E-state index is 4.14. The highest BCUT2D eigenvalue weighted by Gasteiger charge is 1.90. The number of rotatable bonds is 6. The van der Waals surface area contributed by atoms with Gasteiger partial charge in [-0.2, -0.15) is 10.5 Å². The molecule has 0 N–H and O–H groups in total. The van der Waals surface area contributed by atoms with Gasteiger partial charge in [-0.25, -0.2) is 0 Å². The molecular formula is C9H20S. The van der Waals surface area contributed by atoms with Crippen LogP contribution >= 0.6 is 10.5 Å². The first-order chi connectivity index (χ1) is 4.81. The Balaban J connectivity index is 3.09. The third-order valence-electron chi connectivity index (χ3n) is 1.57. The second kappa shape index (κ2) is 7.33. The molecule has 0 aromatic carbocycles. The van der Waals surface area contributed by atoms with Crippen LogP contribution in [0.15, 0.2) is 0 Å². The van der Waals surface area contributed by atoms with Crippen molar-refractivity contribution in [2.24, 2.45) is 0 Å². The van der Waals surface area contributed by atoms with Crippen LogP contribution in [0.5, 0.6) is 0 Å². The first-order valence-corrected chi connectivity index (χ1v) is 6.01. The summed E-state index contributed by atoms with van der Waals surface area (Å²) in [6.45, 7) is 4.49. The van der Waals surface area contributed by atoms with Crippen molar-refractivity contribution < 1.29 is 0 Å². The van der Waals surface area contributed by atoms with Crippen LogP contribution in [0, 0.1) is 0 Å². The van der Waals surface area contributed by atoms with Crippen molar-refractivity contribution in [1.29, 1.82) is 0 Å². The first kappa shape index (κ1) is 10.2. The molecule has 0 radical (unpaired) electrons. The fraction of sp³-hybridized carbons (Fsp3) is 0.889. The molecule has 0 spiro atoms. The van der Waals surface area contributed by atoms with Crippen molar-refractivity contribution in [3.05, 3.63) is 0 Å². The zero-order valence-corrected chi connectivity index (χ0v) is 8.17. The van der Waals surface area contributed by atoms with E-state index in [1.165, 1.54) is 37.2 Å². The second-order valence-electron chi connectivity index (χ2n) is 2.73. The summed E-state index contributed by atoms with van der Waals surface area (Å²) in [6, 6.07) is 0. The van der Waals surface area contributed by atoms with E-state index < -0.39 is 0 Å². The maximum Gasteiger partial charge on any atom is -0.0123 e. The van der Waals surface area contributed by atoms with Gasteiger partial charge in [0.1, 0.15) is 0 Å². The van der Waals surface area contributed by atoms with Gasteiger partial charge in [0.05, 0.1) is 0 Å². The predicted molar refractivity (Wildman–Crippen MR) is 54.3 cm³/mol. The molecule has 0 heterocycles. The molecule has 0 saturated carbocycles. The molecule has 0 aliphatic carbocycles. The third kappa shape index (κ3) is 6.34. The van der Waals surface area contributed by atoms with E-state index in [0.29, 0.717) is 10.5 Å². The molecule has 0 bridgehead atoms. The van der Waals surface area contributed by atoms with Gasteiger partial charge in [-0.1, -0.05) is 32.6 Å². The summed E-state index contributed by atoms with van der Waals surface area (Å²) in [4.78, 5) is 0. The Labute approximate surface area is 68.0 Å². The summed E-state index contributed by atoms with van der Waals surface area (Å²) >= 11 is 0. The van der Waals surface area contributed by atoms with Crippen molar-refractivity contribution in [3.8, 4) is 0 Å². The molecule has 0 nitrogen and oxygen atoms in total. The molecule has 0 fully saturated rings. The Hall–Kier alpha value is 0.220. The fourth-order valence-electron chi connectivity index (χ4n) is 0.799. The van der Waals surface area contributed by atoms with Crippen LogP contribution < -0.4 is 0 Å². The smallest absolute Gasteiger partial charge is 0.0123 e. The number of hydrogen-bond acceptors (Lipinski definition) is 0. The molecule has 0 unspecified atom stereocenters. The summed E-state index contributed by atoms with van der Waals surface area (Å²) in [5.74, 6) is 6.86. The average Bonchev–Trinajstić information content (AvgIpc) is 1.97. The van der Waals surface area contributed by atoms with Crippen molar-refractivity contribution >= 4 is 16.4 Å². The first-order valence-electron chi connectivity index (χ1n) is 4.28. The molecule has 0 aromatic rings. The van der Waals surface area contributed by atoms with Crippen molar-refractivity contribution in [1.82, 2.24) is 0 Å². The molecule has 62 valence electrons.